The normalized spacial score (nSPS) is 14.3. The molecular weight excluding hydrogens is 460 g/mol. The molecule has 2 aromatic heterocycles. The van der Waals surface area contributed by atoms with Crippen LogP contribution < -0.4 is 15.8 Å². The number of carbonyl (C=O) groups excluding carboxylic acids is 1. The van der Waals surface area contributed by atoms with Gasteiger partial charge in [-0.15, -0.1) is 0 Å². The number of anilines is 2. The summed E-state index contributed by atoms with van der Waals surface area (Å²) in [5, 5.41) is 6.92. The topological polar surface area (TPSA) is 106 Å². The van der Waals surface area contributed by atoms with Gasteiger partial charge in [0.05, 0.1) is 23.2 Å². The first kappa shape index (κ1) is 23.7. The lowest BCUT2D eigenvalue weighted by Gasteiger charge is -2.36. The molecule has 0 spiro atoms. The number of benzene rings is 2. The molecule has 0 unspecified atom stereocenters. The maximum atomic E-state index is 13.6. The molecule has 0 aliphatic carbocycles. The van der Waals surface area contributed by atoms with Gasteiger partial charge in [-0.25, -0.2) is 4.98 Å². The van der Waals surface area contributed by atoms with Crippen molar-refractivity contribution in [1.82, 2.24) is 19.6 Å². The SMILES string of the molecule is COCCN1CCN(c2ccc3ncn(-c4cc(C(=O)Nc5ccon5)ccc4C)c(=O)c3c2)CC1. The Kier molecular flexibility index (Phi) is 6.79. The summed E-state index contributed by atoms with van der Waals surface area (Å²) >= 11 is 0. The highest BCUT2D eigenvalue weighted by Gasteiger charge is 2.18. The molecule has 1 fully saturated rings. The lowest BCUT2D eigenvalue weighted by Crippen LogP contribution is -2.47. The van der Waals surface area contributed by atoms with Crippen LogP contribution in [0.5, 0.6) is 0 Å². The van der Waals surface area contributed by atoms with Gasteiger partial charge in [0.25, 0.3) is 11.5 Å². The van der Waals surface area contributed by atoms with Gasteiger partial charge in [-0.3, -0.25) is 19.1 Å². The largest absolute Gasteiger partial charge is 0.383 e. The van der Waals surface area contributed by atoms with Crippen molar-refractivity contribution >= 4 is 28.3 Å². The molecule has 1 amide bonds. The van der Waals surface area contributed by atoms with Gasteiger partial charge in [0, 0.05) is 57.2 Å². The van der Waals surface area contributed by atoms with Gasteiger partial charge >= 0.3 is 0 Å². The van der Waals surface area contributed by atoms with Crippen LogP contribution >= 0.6 is 0 Å². The van der Waals surface area contributed by atoms with Crippen LogP contribution in [-0.2, 0) is 4.74 Å². The molecule has 3 heterocycles. The zero-order valence-corrected chi connectivity index (χ0v) is 20.3. The van der Waals surface area contributed by atoms with E-state index in [1.165, 1.54) is 17.2 Å². The molecule has 1 aliphatic rings. The number of amides is 1. The smallest absolute Gasteiger partial charge is 0.265 e. The average molecular weight is 489 g/mol. The Morgan fingerprint density at radius 2 is 1.94 bits per heavy atom. The van der Waals surface area contributed by atoms with E-state index >= 15 is 0 Å². The summed E-state index contributed by atoms with van der Waals surface area (Å²) in [7, 11) is 1.72. The Hall–Kier alpha value is -4.02. The number of rotatable bonds is 7. The van der Waals surface area contributed by atoms with E-state index in [0.29, 0.717) is 28.0 Å². The van der Waals surface area contributed by atoms with Crippen molar-refractivity contribution in [3.63, 3.8) is 0 Å². The standard InChI is InChI=1S/C26H28N6O4/c1-18-3-4-19(25(33)28-24-7-13-36-29-24)15-23(18)32-17-27-22-6-5-20(16-21(22)26(32)34)31-10-8-30(9-11-31)12-14-35-2/h3-7,13,15-17H,8-12,14H2,1-2H3,(H,28,29,33). The lowest BCUT2D eigenvalue weighted by molar-refractivity contribution is 0.102. The molecule has 10 heteroatoms. The van der Waals surface area contributed by atoms with E-state index in [0.717, 1.165) is 50.6 Å². The summed E-state index contributed by atoms with van der Waals surface area (Å²) in [6.07, 6.45) is 2.90. The van der Waals surface area contributed by atoms with E-state index in [9.17, 15) is 9.59 Å². The van der Waals surface area contributed by atoms with Gasteiger partial charge < -0.3 is 19.5 Å². The molecule has 4 aromatic rings. The van der Waals surface area contributed by atoms with Crippen LogP contribution in [0.4, 0.5) is 11.5 Å². The number of aromatic nitrogens is 3. The van der Waals surface area contributed by atoms with Gasteiger partial charge in [-0.2, -0.15) is 0 Å². The molecule has 5 rings (SSSR count). The van der Waals surface area contributed by atoms with Crippen molar-refractivity contribution < 1.29 is 14.1 Å². The third-order valence-corrected chi connectivity index (χ3v) is 6.50. The molecular formula is C26H28N6O4. The number of hydrogen-bond acceptors (Lipinski definition) is 8. The van der Waals surface area contributed by atoms with Crippen molar-refractivity contribution in [2.75, 3.05) is 56.7 Å². The highest BCUT2D eigenvalue weighted by Crippen LogP contribution is 2.22. The van der Waals surface area contributed by atoms with E-state index in [1.807, 2.05) is 31.2 Å². The van der Waals surface area contributed by atoms with Crippen LogP contribution in [0.15, 0.2) is 64.4 Å². The highest BCUT2D eigenvalue weighted by atomic mass is 16.5. The predicted octanol–water partition coefficient (Wildman–Crippen LogP) is 2.70. The fourth-order valence-corrected chi connectivity index (χ4v) is 4.40. The number of nitrogens with zero attached hydrogens (tertiary/aromatic N) is 5. The molecule has 1 aliphatic heterocycles. The Balaban J connectivity index is 1.43. The fraction of sp³-hybridized carbons (Fsp3) is 0.308. The highest BCUT2D eigenvalue weighted by molar-refractivity contribution is 6.04. The Labute approximate surface area is 208 Å². The van der Waals surface area contributed by atoms with Gasteiger partial charge in [0.2, 0.25) is 0 Å². The van der Waals surface area contributed by atoms with Crippen LogP contribution in [0.2, 0.25) is 0 Å². The summed E-state index contributed by atoms with van der Waals surface area (Å²) in [4.78, 5) is 35.5. The third-order valence-electron chi connectivity index (χ3n) is 6.50. The Bertz CT molecular complexity index is 1420. The second kappa shape index (κ2) is 10.3. The molecule has 36 heavy (non-hydrogen) atoms. The maximum Gasteiger partial charge on any atom is 0.265 e. The van der Waals surface area contributed by atoms with Gasteiger partial charge in [-0.05, 0) is 42.8 Å². The maximum absolute atomic E-state index is 13.6. The summed E-state index contributed by atoms with van der Waals surface area (Å²) < 4.78 is 11.5. The van der Waals surface area contributed by atoms with Gasteiger partial charge in [-0.1, -0.05) is 11.2 Å². The predicted molar refractivity (Wildman–Crippen MR) is 137 cm³/mol. The second-order valence-corrected chi connectivity index (χ2v) is 8.78. The third kappa shape index (κ3) is 4.86. The van der Waals surface area contributed by atoms with Crippen molar-refractivity contribution in [1.29, 1.82) is 0 Å². The number of nitrogens with one attached hydrogen (secondary N) is 1. The molecule has 0 atom stereocenters. The molecule has 0 bridgehead atoms. The van der Waals surface area contributed by atoms with E-state index in [2.05, 4.69) is 25.3 Å². The van der Waals surface area contributed by atoms with Crippen LogP contribution in [0.3, 0.4) is 0 Å². The number of aryl methyl sites for hydroxylation is 1. The number of piperazine rings is 1. The van der Waals surface area contributed by atoms with E-state index in [4.69, 9.17) is 9.26 Å². The van der Waals surface area contributed by atoms with Crippen molar-refractivity contribution in [3.8, 4) is 5.69 Å². The first-order valence-corrected chi connectivity index (χ1v) is 11.8. The van der Waals surface area contributed by atoms with Crippen molar-refractivity contribution in [2.24, 2.45) is 0 Å². The van der Waals surface area contributed by atoms with E-state index in [-0.39, 0.29) is 11.5 Å². The molecule has 1 saturated heterocycles. The molecule has 2 aromatic carbocycles. The molecule has 186 valence electrons. The van der Waals surface area contributed by atoms with Gasteiger partial charge in [0.1, 0.15) is 12.6 Å². The number of carbonyl (C=O) groups is 1. The molecule has 10 nitrogen and oxygen atoms in total. The van der Waals surface area contributed by atoms with Crippen molar-refractivity contribution in [3.05, 3.63) is 76.5 Å². The monoisotopic (exact) mass is 488 g/mol. The zero-order valence-electron chi connectivity index (χ0n) is 20.3. The van der Waals surface area contributed by atoms with Crippen LogP contribution in [-0.4, -0.2) is 72.0 Å². The Morgan fingerprint density at radius 3 is 2.69 bits per heavy atom. The molecule has 0 radical (unpaired) electrons. The number of hydrogen-bond donors (Lipinski definition) is 1. The summed E-state index contributed by atoms with van der Waals surface area (Å²) in [5.74, 6) is -0.0300. The van der Waals surface area contributed by atoms with Crippen LogP contribution in [0, 0.1) is 6.92 Å². The minimum Gasteiger partial charge on any atom is -0.383 e. The zero-order chi connectivity index (χ0) is 25.1. The average Bonchev–Trinajstić information content (AvgIpc) is 3.41. The first-order valence-electron chi connectivity index (χ1n) is 11.8. The number of methoxy groups -OCH3 is 1. The van der Waals surface area contributed by atoms with Crippen molar-refractivity contribution in [2.45, 2.75) is 6.92 Å². The second-order valence-electron chi connectivity index (χ2n) is 8.78. The number of ether oxygens (including phenoxy) is 1. The van der Waals surface area contributed by atoms with E-state index in [1.54, 1.807) is 25.3 Å². The van der Waals surface area contributed by atoms with E-state index < -0.39 is 0 Å². The number of fused-ring (bicyclic) bond motifs is 1. The Morgan fingerprint density at radius 1 is 1.11 bits per heavy atom. The van der Waals surface area contributed by atoms with Crippen LogP contribution in [0.1, 0.15) is 15.9 Å². The molecule has 0 saturated carbocycles. The van der Waals surface area contributed by atoms with Gasteiger partial charge in [0.15, 0.2) is 5.82 Å². The fourth-order valence-electron chi connectivity index (χ4n) is 4.40. The molecule has 1 N–H and O–H groups in total. The minimum absolute atomic E-state index is 0.183. The van der Waals surface area contributed by atoms with Crippen LogP contribution in [0.25, 0.3) is 16.6 Å². The first-order chi connectivity index (χ1) is 17.5. The lowest BCUT2D eigenvalue weighted by atomic mass is 10.1. The quantitative estimate of drug-likeness (QED) is 0.423. The summed E-state index contributed by atoms with van der Waals surface area (Å²) in [6, 6.07) is 12.6. The summed E-state index contributed by atoms with van der Waals surface area (Å²) in [6.45, 7) is 7.19. The minimum atomic E-state index is -0.348. The summed E-state index contributed by atoms with van der Waals surface area (Å²) in [5.41, 5.74) is 3.29.